The molecule has 0 aliphatic rings. The van der Waals surface area contributed by atoms with E-state index < -0.39 is 0 Å². The summed E-state index contributed by atoms with van der Waals surface area (Å²) >= 11 is 3.37. The van der Waals surface area contributed by atoms with Gasteiger partial charge in [0.1, 0.15) is 5.75 Å². The minimum atomic E-state index is 0.972. The molecule has 0 aliphatic heterocycles. The third-order valence-electron chi connectivity index (χ3n) is 3.33. The molecule has 2 nitrogen and oxygen atoms in total. The summed E-state index contributed by atoms with van der Waals surface area (Å²) in [5.74, 6) is 0.972. The van der Waals surface area contributed by atoms with Crippen LogP contribution in [0.5, 0.6) is 5.75 Å². The Balaban J connectivity index is 0.000000155. The van der Waals surface area contributed by atoms with E-state index >= 15 is 0 Å². The van der Waals surface area contributed by atoms with Gasteiger partial charge in [0.2, 0.25) is 0 Å². The van der Waals surface area contributed by atoms with Gasteiger partial charge in [-0.05, 0) is 59.1 Å². The highest BCUT2D eigenvalue weighted by atomic mass is 79.9. The topological polar surface area (TPSA) is 22.1 Å². The number of nitrogens with zero attached hydrogens (tertiary/aromatic N) is 1. The summed E-state index contributed by atoms with van der Waals surface area (Å²) in [6, 6.07) is 16.2. The molecule has 0 amide bonds. The van der Waals surface area contributed by atoms with Crippen LogP contribution in [0.1, 0.15) is 11.1 Å². The van der Waals surface area contributed by atoms with Gasteiger partial charge >= 0.3 is 0 Å². The fourth-order valence-corrected chi connectivity index (χ4v) is 2.34. The van der Waals surface area contributed by atoms with Crippen LogP contribution in [0.25, 0.3) is 10.9 Å². The van der Waals surface area contributed by atoms with E-state index in [1.165, 1.54) is 16.5 Å². The Morgan fingerprint density at radius 1 is 1.00 bits per heavy atom. The quantitative estimate of drug-likeness (QED) is 0.597. The zero-order valence-corrected chi connectivity index (χ0v) is 14.0. The molecule has 3 heteroatoms. The van der Waals surface area contributed by atoms with Gasteiger partial charge in [-0.2, -0.15) is 0 Å². The van der Waals surface area contributed by atoms with Crippen molar-refractivity contribution in [3.8, 4) is 5.75 Å². The average Bonchev–Trinajstić information content (AvgIpc) is 2.50. The molecule has 0 aliphatic carbocycles. The van der Waals surface area contributed by atoms with Crippen molar-refractivity contribution < 1.29 is 4.74 Å². The number of aryl methyl sites for hydroxylation is 1. The maximum atomic E-state index is 5.13. The zero-order chi connectivity index (χ0) is 15.2. The van der Waals surface area contributed by atoms with Crippen molar-refractivity contribution >= 4 is 26.8 Å². The van der Waals surface area contributed by atoms with Gasteiger partial charge in [-0.1, -0.05) is 30.3 Å². The highest BCUT2D eigenvalue weighted by Gasteiger charge is 1.97. The van der Waals surface area contributed by atoms with Gasteiger partial charge in [-0.3, -0.25) is 4.98 Å². The summed E-state index contributed by atoms with van der Waals surface area (Å²) < 4.78 is 6.15. The van der Waals surface area contributed by atoms with Crippen LogP contribution in [0, 0.1) is 13.8 Å². The average molecular weight is 344 g/mol. The Labute approximate surface area is 133 Å². The number of rotatable bonds is 1. The molecule has 0 radical (unpaired) electrons. The van der Waals surface area contributed by atoms with E-state index in [0.717, 1.165) is 15.7 Å². The second kappa shape index (κ2) is 7.23. The lowest BCUT2D eigenvalue weighted by Crippen LogP contribution is -1.88. The Hall–Kier alpha value is -1.87. The van der Waals surface area contributed by atoms with Crippen molar-refractivity contribution in [2.75, 3.05) is 7.11 Å². The fraction of sp³-hybridized carbons (Fsp3) is 0.167. The minimum absolute atomic E-state index is 0.972. The van der Waals surface area contributed by atoms with Crippen molar-refractivity contribution in [1.29, 1.82) is 0 Å². The number of halogens is 1. The normalized spacial score (nSPS) is 9.90. The van der Waals surface area contributed by atoms with Gasteiger partial charge in [0.15, 0.2) is 0 Å². The van der Waals surface area contributed by atoms with E-state index in [1.807, 2.05) is 42.6 Å². The molecule has 0 N–H and O–H groups in total. The molecule has 0 atom stereocenters. The molecule has 0 bridgehead atoms. The van der Waals surface area contributed by atoms with E-state index in [1.54, 1.807) is 7.11 Å². The number of hydrogen-bond donors (Lipinski definition) is 0. The van der Waals surface area contributed by atoms with Crippen molar-refractivity contribution in [1.82, 2.24) is 4.98 Å². The molecule has 3 aromatic rings. The predicted molar refractivity (Wildman–Crippen MR) is 91.9 cm³/mol. The molecule has 1 aromatic heterocycles. The third-order valence-corrected chi connectivity index (χ3v) is 3.77. The van der Waals surface area contributed by atoms with Gasteiger partial charge in [0, 0.05) is 16.1 Å². The SMILES string of the molecule is Brc1cnc2ccccc2c1.COc1cccc(C)c1C. The highest BCUT2D eigenvalue weighted by Crippen LogP contribution is 2.19. The lowest BCUT2D eigenvalue weighted by Gasteiger charge is -2.05. The first-order chi connectivity index (χ1) is 10.1. The molecule has 3 rings (SSSR count). The maximum absolute atomic E-state index is 5.13. The van der Waals surface area contributed by atoms with E-state index in [9.17, 15) is 0 Å². The number of fused-ring (bicyclic) bond motifs is 1. The van der Waals surface area contributed by atoms with Gasteiger partial charge < -0.3 is 4.74 Å². The van der Waals surface area contributed by atoms with Crippen molar-refractivity contribution in [3.63, 3.8) is 0 Å². The van der Waals surface area contributed by atoms with Crippen LogP contribution in [0.3, 0.4) is 0 Å². The van der Waals surface area contributed by atoms with Crippen LogP contribution in [0.2, 0.25) is 0 Å². The molecule has 2 aromatic carbocycles. The minimum Gasteiger partial charge on any atom is -0.496 e. The summed E-state index contributed by atoms with van der Waals surface area (Å²) in [5.41, 5.74) is 3.54. The molecular weight excluding hydrogens is 326 g/mol. The Kier molecular flexibility index (Phi) is 5.34. The largest absolute Gasteiger partial charge is 0.496 e. The van der Waals surface area contributed by atoms with Crippen LogP contribution in [-0.2, 0) is 0 Å². The zero-order valence-electron chi connectivity index (χ0n) is 12.4. The number of para-hydroxylation sites is 1. The first-order valence-corrected chi connectivity index (χ1v) is 7.51. The second-order valence-corrected chi connectivity index (χ2v) is 5.66. The molecule has 0 fully saturated rings. The van der Waals surface area contributed by atoms with E-state index in [2.05, 4.69) is 46.9 Å². The van der Waals surface area contributed by atoms with Gasteiger partial charge in [0.05, 0.1) is 12.6 Å². The fourth-order valence-electron chi connectivity index (χ4n) is 1.99. The van der Waals surface area contributed by atoms with E-state index in [0.29, 0.717) is 0 Å². The third kappa shape index (κ3) is 4.05. The van der Waals surface area contributed by atoms with Crippen LogP contribution >= 0.6 is 15.9 Å². The molecular formula is C18H18BrNO. The molecule has 1 heterocycles. The van der Waals surface area contributed by atoms with Crippen LogP contribution in [-0.4, -0.2) is 12.1 Å². The summed E-state index contributed by atoms with van der Waals surface area (Å²) in [6.45, 7) is 4.14. The predicted octanol–water partition coefficient (Wildman–Crippen LogP) is 5.31. The van der Waals surface area contributed by atoms with Crippen molar-refractivity contribution in [2.45, 2.75) is 13.8 Å². The standard InChI is InChI=1S/C9H6BrN.C9H12O/c10-8-5-7-3-1-2-4-9(7)11-6-8;1-7-5-4-6-9(10-3)8(7)2/h1-6H;4-6H,1-3H3. The van der Waals surface area contributed by atoms with Crippen molar-refractivity contribution in [3.05, 3.63) is 70.3 Å². The maximum Gasteiger partial charge on any atom is 0.122 e. The number of benzene rings is 2. The lowest BCUT2D eigenvalue weighted by molar-refractivity contribution is 0.411. The van der Waals surface area contributed by atoms with Crippen LogP contribution in [0.4, 0.5) is 0 Å². The molecule has 0 saturated heterocycles. The van der Waals surface area contributed by atoms with Gasteiger partial charge in [0.25, 0.3) is 0 Å². The second-order valence-electron chi connectivity index (χ2n) is 4.75. The number of pyridine rings is 1. The molecule has 0 unspecified atom stereocenters. The summed E-state index contributed by atoms with van der Waals surface area (Å²) in [7, 11) is 1.70. The molecule has 108 valence electrons. The Morgan fingerprint density at radius 2 is 1.76 bits per heavy atom. The summed E-state index contributed by atoms with van der Waals surface area (Å²) in [4.78, 5) is 4.23. The van der Waals surface area contributed by atoms with Gasteiger partial charge in [-0.25, -0.2) is 0 Å². The Bertz CT molecular complexity index is 740. The number of aromatic nitrogens is 1. The van der Waals surface area contributed by atoms with Crippen LogP contribution in [0.15, 0.2) is 59.2 Å². The van der Waals surface area contributed by atoms with E-state index in [4.69, 9.17) is 4.74 Å². The lowest BCUT2D eigenvalue weighted by atomic mass is 10.1. The monoisotopic (exact) mass is 343 g/mol. The smallest absolute Gasteiger partial charge is 0.122 e. The van der Waals surface area contributed by atoms with Gasteiger partial charge in [-0.15, -0.1) is 0 Å². The number of hydrogen-bond acceptors (Lipinski definition) is 2. The number of ether oxygens (including phenoxy) is 1. The molecule has 0 saturated carbocycles. The van der Waals surface area contributed by atoms with Crippen molar-refractivity contribution in [2.24, 2.45) is 0 Å². The Morgan fingerprint density at radius 3 is 2.48 bits per heavy atom. The highest BCUT2D eigenvalue weighted by molar-refractivity contribution is 9.10. The molecule has 0 spiro atoms. The first-order valence-electron chi connectivity index (χ1n) is 6.72. The summed E-state index contributed by atoms with van der Waals surface area (Å²) in [6.07, 6.45) is 1.81. The van der Waals surface area contributed by atoms with E-state index in [-0.39, 0.29) is 0 Å². The first kappa shape index (κ1) is 15.5. The summed E-state index contributed by atoms with van der Waals surface area (Å²) in [5, 5.41) is 1.17. The van der Waals surface area contributed by atoms with Crippen LogP contribution < -0.4 is 4.74 Å². The molecule has 21 heavy (non-hydrogen) atoms. The number of methoxy groups -OCH3 is 1.